The summed E-state index contributed by atoms with van der Waals surface area (Å²) >= 11 is 0. The molecule has 112 valence electrons. The average Bonchev–Trinajstić information content (AvgIpc) is 2.82. The first-order chi connectivity index (χ1) is 9.81. The van der Waals surface area contributed by atoms with E-state index in [1.165, 1.54) is 5.56 Å². The number of carbonyl (C=O) groups excluding carboxylic acids is 1. The normalized spacial score (nSPS) is 11.0. The number of rotatable bonds is 3. The summed E-state index contributed by atoms with van der Waals surface area (Å²) in [6, 6.07) is 5.97. The number of amides is 1. The van der Waals surface area contributed by atoms with E-state index in [9.17, 15) is 4.79 Å². The molecule has 0 bridgehead atoms. The summed E-state index contributed by atoms with van der Waals surface area (Å²) in [7, 11) is 1.76. The number of oxazole rings is 1. The van der Waals surface area contributed by atoms with Gasteiger partial charge in [0.2, 0.25) is 0 Å². The van der Waals surface area contributed by atoms with Gasteiger partial charge >= 0.3 is 0 Å². The molecule has 2 aromatic rings. The van der Waals surface area contributed by atoms with E-state index >= 15 is 0 Å². The van der Waals surface area contributed by atoms with Gasteiger partial charge in [0.1, 0.15) is 5.76 Å². The third-order valence-electron chi connectivity index (χ3n) is 3.69. The van der Waals surface area contributed by atoms with Crippen LogP contribution in [0.5, 0.6) is 0 Å². The predicted molar refractivity (Wildman–Crippen MR) is 84.0 cm³/mol. The highest BCUT2D eigenvalue weighted by Crippen LogP contribution is 2.22. The van der Waals surface area contributed by atoms with Crippen molar-refractivity contribution in [1.82, 2.24) is 4.98 Å². The zero-order valence-electron chi connectivity index (χ0n) is 13.5. The van der Waals surface area contributed by atoms with Gasteiger partial charge in [-0.1, -0.05) is 19.9 Å². The molecular weight excluding hydrogens is 264 g/mol. The SMILES string of the molecule is Cc1ccc(N(C)C(=O)c2nc(C(C)C)oc2C)cc1C. The van der Waals surface area contributed by atoms with Gasteiger partial charge in [-0.2, -0.15) is 0 Å². The van der Waals surface area contributed by atoms with E-state index in [1.807, 2.05) is 39.0 Å². The number of hydrogen-bond acceptors (Lipinski definition) is 3. The van der Waals surface area contributed by atoms with Gasteiger partial charge in [-0.3, -0.25) is 4.79 Å². The van der Waals surface area contributed by atoms with E-state index in [4.69, 9.17) is 4.42 Å². The molecule has 0 spiro atoms. The van der Waals surface area contributed by atoms with Crippen LogP contribution < -0.4 is 4.90 Å². The number of anilines is 1. The van der Waals surface area contributed by atoms with Gasteiger partial charge < -0.3 is 9.32 Å². The summed E-state index contributed by atoms with van der Waals surface area (Å²) in [5, 5.41) is 0. The van der Waals surface area contributed by atoms with E-state index in [-0.39, 0.29) is 11.8 Å². The van der Waals surface area contributed by atoms with Crippen molar-refractivity contribution in [1.29, 1.82) is 0 Å². The van der Waals surface area contributed by atoms with Gasteiger partial charge in [-0.25, -0.2) is 4.98 Å². The van der Waals surface area contributed by atoms with E-state index in [0.29, 0.717) is 17.3 Å². The highest BCUT2D eigenvalue weighted by molar-refractivity contribution is 6.05. The number of aryl methyl sites for hydroxylation is 3. The second-order valence-electron chi connectivity index (χ2n) is 5.74. The van der Waals surface area contributed by atoms with Crippen molar-refractivity contribution in [2.24, 2.45) is 0 Å². The molecule has 1 aromatic heterocycles. The van der Waals surface area contributed by atoms with Crippen LogP contribution in [0.25, 0.3) is 0 Å². The highest BCUT2D eigenvalue weighted by atomic mass is 16.4. The largest absolute Gasteiger partial charge is 0.445 e. The Labute approximate surface area is 125 Å². The van der Waals surface area contributed by atoms with Crippen molar-refractivity contribution < 1.29 is 9.21 Å². The Balaban J connectivity index is 2.32. The standard InChI is InChI=1S/C17H22N2O2/c1-10(2)16-18-15(13(5)21-16)17(20)19(6)14-8-7-11(3)12(4)9-14/h7-10H,1-6H3. The maximum absolute atomic E-state index is 12.6. The maximum atomic E-state index is 12.6. The molecule has 0 saturated carbocycles. The van der Waals surface area contributed by atoms with Crippen LogP contribution in [0, 0.1) is 20.8 Å². The highest BCUT2D eigenvalue weighted by Gasteiger charge is 2.22. The fraction of sp³-hybridized carbons (Fsp3) is 0.412. The topological polar surface area (TPSA) is 46.3 Å². The van der Waals surface area contributed by atoms with Crippen molar-refractivity contribution in [2.45, 2.75) is 40.5 Å². The Morgan fingerprint density at radius 3 is 2.38 bits per heavy atom. The Hall–Kier alpha value is -2.10. The van der Waals surface area contributed by atoms with E-state index in [1.54, 1.807) is 18.9 Å². The molecule has 0 unspecified atom stereocenters. The van der Waals surface area contributed by atoms with Gasteiger partial charge in [0.25, 0.3) is 5.91 Å². The summed E-state index contributed by atoms with van der Waals surface area (Å²) in [4.78, 5) is 18.6. The lowest BCUT2D eigenvalue weighted by molar-refractivity contribution is 0.0987. The number of benzene rings is 1. The van der Waals surface area contributed by atoms with Gasteiger partial charge in [0, 0.05) is 18.7 Å². The number of nitrogens with zero attached hydrogens (tertiary/aromatic N) is 2. The molecule has 0 fully saturated rings. The minimum atomic E-state index is -0.147. The molecule has 2 rings (SSSR count). The van der Waals surface area contributed by atoms with Gasteiger partial charge in [-0.05, 0) is 44.0 Å². The van der Waals surface area contributed by atoms with E-state index in [2.05, 4.69) is 11.9 Å². The summed E-state index contributed by atoms with van der Waals surface area (Å²) in [5.41, 5.74) is 3.61. The van der Waals surface area contributed by atoms with Crippen LogP contribution in [0.15, 0.2) is 22.6 Å². The molecule has 0 aliphatic carbocycles. The Bertz CT molecular complexity index is 671. The monoisotopic (exact) mass is 286 g/mol. The summed E-state index contributed by atoms with van der Waals surface area (Å²) in [6.07, 6.45) is 0. The maximum Gasteiger partial charge on any atom is 0.280 e. The summed E-state index contributed by atoms with van der Waals surface area (Å²) in [5.74, 6) is 1.19. The predicted octanol–water partition coefficient (Wildman–Crippen LogP) is 4.00. The van der Waals surface area contributed by atoms with Gasteiger partial charge in [-0.15, -0.1) is 0 Å². The molecule has 0 N–H and O–H groups in total. The van der Waals surface area contributed by atoms with Crippen molar-refractivity contribution in [2.75, 3.05) is 11.9 Å². The third kappa shape index (κ3) is 2.99. The molecule has 0 radical (unpaired) electrons. The van der Waals surface area contributed by atoms with Gasteiger partial charge in [0.15, 0.2) is 11.6 Å². The van der Waals surface area contributed by atoms with Crippen molar-refractivity contribution >= 4 is 11.6 Å². The molecule has 1 amide bonds. The lowest BCUT2D eigenvalue weighted by Gasteiger charge is -2.17. The first kappa shape index (κ1) is 15.3. The van der Waals surface area contributed by atoms with Crippen LogP contribution in [0.3, 0.4) is 0 Å². The van der Waals surface area contributed by atoms with Crippen LogP contribution >= 0.6 is 0 Å². The molecule has 0 aliphatic rings. The lowest BCUT2D eigenvalue weighted by Crippen LogP contribution is -2.27. The van der Waals surface area contributed by atoms with E-state index < -0.39 is 0 Å². The molecule has 4 nitrogen and oxygen atoms in total. The molecule has 0 saturated heterocycles. The van der Waals surface area contributed by atoms with Crippen LogP contribution in [0.1, 0.15) is 53.0 Å². The first-order valence-corrected chi connectivity index (χ1v) is 7.14. The lowest BCUT2D eigenvalue weighted by atomic mass is 10.1. The number of hydrogen-bond donors (Lipinski definition) is 0. The Morgan fingerprint density at radius 2 is 1.86 bits per heavy atom. The van der Waals surface area contributed by atoms with E-state index in [0.717, 1.165) is 11.3 Å². The van der Waals surface area contributed by atoms with Crippen LogP contribution in [-0.2, 0) is 0 Å². The quantitative estimate of drug-likeness (QED) is 0.856. The molecule has 0 atom stereocenters. The number of carbonyl (C=O) groups is 1. The van der Waals surface area contributed by atoms with Gasteiger partial charge in [0.05, 0.1) is 0 Å². The van der Waals surface area contributed by atoms with Crippen LogP contribution in [0.2, 0.25) is 0 Å². The zero-order valence-corrected chi connectivity index (χ0v) is 13.5. The molecule has 1 aromatic carbocycles. The fourth-order valence-corrected chi connectivity index (χ4v) is 2.07. The molecule has 0 aliphatic heterocycles. The molecule has 4 heteroatoms. The second kappa shape index (κ2) is 5.72. The first-order valence-electron chi connectivity index (χ1n) is 7.14. The minimum absolute atomic E-state index is 0.147. The average molecular weight is 286 g/mol. The zero-order chi connectivity index (χ0) is 15.7. The van der Waals surface area contributed by atoms with Crippen molar-refractivity contribution in [3.05, 3.63) is 46.7 Å². The Kier molecular flexibility index (Phi) is 4.16. The number of aromatic nitrogens is 1. The summed E-state index contributed by atoms with van der Waals surface area (Å²) in [6.45, 7) is 9.85. The summed E-state index contributed by atoms with van der Waals surface area (Å²) < 4.78 is 5.57. The van der Waals surface area contributed by atoms with Crippen molar-refractivity contribution in [3.63, 3.8) is 0 Å². The van der Waals surface area contributed by atoms with Crippen LogP contribution in [-0.4, -0.2) is 17.9 Å². The van der Waals surface area contributed by atoms with Crippen molar-refractivity contribution in [3.8, 4) is 0 Å². The second-order valence-corrected chi connectivity index (χ2v) is 5.74. The Morgan fingerprint density at radius 1 is 1.19 bits per heavy atom. The fourth-order valence-electron chi connectivity index (χ4n) is 2.07. The third-order valence-corrected chi connectivity index (χ3v) is 3.69. The molecule has 1 heterocycles. The minimum Gasteiger partial charge on any atom is -0.445 e. The molecular formula is C17H22N2O2. The molecule has 21 heavy (non-hydrogen) atoms. The smallest absolute Gasteiger partial charge is 0.280 e. The van der Waals surface area contributed by atoms with Crippen LogP contribution in [0.4, 0.5) is 5.69 Å².